The van der Waals surface area contributed by atoms with Crippen molar-refractivity contribution in [2.45, 2.75) is 0 Å². The van der Waals surface area contributed by atoms with Gasteiger partial charge in [0.2, 0.25) is 0 Å². The molecular formula is C8H13N3O. The Hall–Kier alpha value is -1.71. The highest BCUT2D eigenvalue weighted by atomic mass is 16.2. The highest BCUT2D eigenvalue weighted by molar-refractivity contribution is 5.71. The minimum absolute atomic E-state index is 0.616. The molecule has 4 nitrogen and oxygen atoms in total. The van der Waals surface area contributed by atoms with E-state index in [4.69, 9.17) is 5.73 Å². The Kier molecular flexibility index (Phi) is 4.30. The average molecular weight is 167 g/mol. The minimum atomic E-state index is -0.616. The highest BCUT2D eigenvalue weighted by Gasteiger charge is 2.00. The molecule has 0 fully saturated rings. The standard InChI is InChI=1S/C8H13N3O/c1-4-6-7(5-2)11(3)10-8(9)12/h4-6H,1-2H2,3H3,(H3,9,10,12)/b7-6+. The van der Waals surface area contributed by atoms with E-state index in [1.54, 1.807) is 25.3 Å². The van der Waals surface area contributed by atoms with Gasteiger partial charge in [0.25, 0.3) is 0 Å². The van der Waals surface area contributed by atoms with Crippen LogP contribution in [-0.2, 0) is 0 Å². The van der Waals surface area contributed by atoms with E-state index in [2.05, 4.69) is 18.6 Å². The van der Waals surface area contributed by atoms with Crippen LogP contribution in [0.25, 0.3) is 0 Å². The zero-order chi connectivity index (χ0) is 9.56. The molecule has 0 bridgehead atoms. The third-order valence-corrected chi connectivity index (χ3v) is 1.16. The second kappa shape index (κ2) is 5.01. The Morgan fingerprint density at radius 2 is 2.17 bits per heavy atom. The molecule has 12 heavy (non-hydrogen) atoms. The lowest BCUT2D eigenvalue weighted by Crippen LogP contribution is -2.41. The summed E-state index contributed by atoms with van der Waals surface area (Å²) in [5.41, 5.74) is 7.98. The Morgan fingerprint density at radius 1 is 1.58 bits per heavy atom. The smallest absolute Gasteiger partial charge is 0.330 e. The lowest BCUT2D eigenvalue weighted by Gasteiger charge is -2.19. The van der Waals surface area contributed by atoms with Crippen LogP contribution in [0.15, 0.2) is 37.1 Å². The molecule has 0 aromatic rings. The minimum Gasteiger partial charge on any atom is -0.350 e. The molecule has 0 spiro atoms. The van der Waals surface area contributed by atoms with Crippen LogP contribution in [0.4, 0.5) is 4.79 Å². The maximum absolute atomic E-state index is 10.4. The molecule has 0 aromatic carbocycles. The summed E-state index contributed by atoms with van der Waals surface area (Å²) in [5, 5.41) is 1.46. The largest absolute Gasteiger partial charge is 0.350 e. The number of likely N-dealkylation sites (N-methyl/N-ethyl adjacent to an activating group) is 1. The van der Waals surface area contributed by atoms with Crippen molar-refractivity contribution in [2.75, 3.05) is 7.05 Å². The Morgan fingerprint density at radius 3 is 2.50 bits per heavy atom. The van der Waals surface area contributed by atoms with Gasteiger partial charge in [0.15, 0.2) is 0 Å². The van der Waals surface area contributed by atoms with Crippen molar-refractivity contribution in [3.8, 4) is 0 Å². The zero-order valence-electron chi connectivity index (χ0n) is 7.08. The second-order valence-electron chi connectivity index (χ2n) is 2.07. The van der Waals surface area contributed by atoms with Gasteiger partial charge in [-0.15, -0.1) is 0 Å². The van der Waals surface area contributed by atoms with Crippen LogP contribution >= 0.6 is 0 Å². The molecule has 0 aliphatic rings. The topological polar surface area (TPSA) is 58.4 Å². The average Bonchev–Trinajstić information content (AvgIpc) is 1.98. The van der Waals surface area contributed by atoms with Crippen molar-refractivity contribution in [1.82, 2.24) is 10.4 Å². The fraction of sp³-hybridized carbons (Fsp3) is 0.125. The number of allylic oxidation sites excluding steroid dienone is 3. The molecule has 0 aliphatic heterocycles. The first-order valence-electron chi connectivity index (χ1n) is 3.36. The number of hydrogen-bond donors (Lipinski definition) is 2. The van der Waals surface area contributed by atoms with E-state index in [1.807, 2.05) is 0 Å². The molecular weight excluding hydrogens is 154 g/mol. The van der Waals surface area contributed by atoms with Crippen molar-refractivity contribution >= 4 is 6.03 Å². The lowest BCUT2D eigenvalue weighted by atomic mass is 10.4. The van der Waals surface area contributed by atoms with Crippen LogP contribution in [-0.4, -0.2) is 18.1 Å². The monoisotopic (exact) mass is 167 g/mol. The number of carbonyl (C=O) groups is 1. The SMILES string of the molecule is C=C/C=C(\C=C)N(C)NC(N)=O. The van der Waals surface area contributed by atoms with Gasteiger partial charge in [0.1, 0.15) is 0 Å². The number of nitrogens with one attached hydrogen (secondary N) is 1. The molecule has 0 heterocycles. The molecule has 0 radical (unpaired) electrons. The van der Waals surface area contributed by atoms with Gasteiger partial charge in [-0.05, 0) is 12.2 Å². The van der Waals surface area contributed by atoms with Crippen molar-refractivity contribution in [3.05, 3.63) is 37.1 Å². The summed E-state index contributed by atoms with van der Waals surface area (Å²) in [6, 6.07) is -0.616. The molecule has 66 valence electrons. The zero-order valence-corrected chi connectivity index (χ0v) is 7.08. The van der Waals surface area contributed by atoms with Crippen molar-refractivity contribution < 1.29 is 4.79 Å². The van der Waals surface area contributed by atoms with Gasteiger partial charge in [-0.1, -0.05) is 19.2 Å². The fourth-order valence-corrected chi connectivity index (χ4v) is 0.667. The van der Waals surface area contributed by atoms with Gasteiger partial charge < -0.3 is 5.73 Å². The van der Waals surface area contributed by atoms with Crippen LogP contribution < -0.4 is 11.2 Å². The van der Waals surface area contributed by atoms with Crippen LogP contribution in [0.3, 0.4) is 0 Å². The summed E-state index contributed by atoms with van der Waals surface area (Å²) in [4.78, 5) is 10.4. The van der Waals surface area contributed by atoms with E-state index in [0.717, 1.165) is 0 Å². The molecule has 0 aliphatic carbocycles. The summed E-state index contributed by atoms with van der Waals surface area (Å²) < 4.78 is 0. The molecule has 0 aromatic heterocycles. The molecule has 4 heteroatoms. The molecule has 0 unspecified atom stereocenters. The number of amides is 2. The summed E-state index contributed by atoms with van der Waals surface area (Å²) >= 11 is 0. The molecule has 2 amide bonds. The third-order valence-electron chi connectivity index (χ3n) is 1.16. The van der Waals surface area contributed by atoms with Gasteiger partial charge >= 0.3 is 6.03 Å². The first kappa shape index (κ1) is 10.3. The summed E-state index contributed by atoms with van der Waals surface area (Å²) in [6.45, 7) is 7.07. The van der Waals surface area contributed by atoms with Gasteiger partial charge in [0, 0.05) is 7.05 Å². The van der Waals surface area contributed by atoms with Gasteiger partial charge in [-0.2, -0.15) is 0 Å². The normalized spacial score (nSPS) is 10.2. The second-order valence-corrected chi connectivity index (χ2v) is 2.07. The number of nitrogens with two attached hydrogens (primary N) is 1. The molecule has 0 rings (SSSR count). The van der Waals surface area contributed by atoms with E-state index in [0.29, 0.717) is 5.70 Å². The molecule has 3 N–H and O–H groups in total. The maximum Gasteiger partial charge on any atom is 0.330 e. The Labute approximate surface area is 72.0 Å². The van der Waals surface area contributed by atoms with E-state index in [9.17, 15) is 4.79 Å². The Bertz CT molecular complexity index is 220. The van der Waals surface area contributed by atoms with Gasteiger partial charge in [-0.25, -0.2) is 10.2 Å². The van der Waals surface area contributed by atoms with Crippen molar-refractivity contribution in [3.63, 3.8) is 0 Å². The maximum atomic E-state index is 10.4. The fourth-order valence-electron chi connectivity index (χ4n) is 0.667. The number of hydrazine groups is 1. The summed E-state index contributed by atoms with van der Waals surface area (Å²) in [5.74, 6) is 0. The predicted octanol–water partition coefficient (Wildman–Crippen LogP) is 0.757. The Balaban J connectivity index is 4.31. The van der Waals surface area contributed by atoms with Crippen LogP contribution in [0.5, 0.6) is 0 Å². The van der Waals surface area contributed by atoms with E-state index in [1.165, 1.54) is 5.01 Å². The number of nitrogens with zero attached hydrogens (tertiary/aromatic N) is 1. The van der Waals surface area contributed by atoms with Gasteiger partial charge in [-0.3, -0.25) is 5.01 Å². The van der Waals surface area contributed by atoms with E-state index in [-0.39, 0.29) is 0 Å². The number of carbonyl (C=O) groups excluding carboxylic acids is 1. The van der Waals surface area contributed by atoms with Gasteiger partial charge in [0.05, 0.1) is 5.70 Å². The summed E-state index contributed by atoms with van der Waals surface area (Å²) in [7, 11) is 1.65. The number of primary amides is 1. The molecule has 0 atom stereocenters. The first-order chi connectivity index (χ1) is 5.61. The lowest BCUT2D eigenvalue weighted by molar-refractivity contribution is 0.224. The molecule has 0 saturated carbocycles. The first-order valence-corrected chi connectivity index (χ1v) is 3.36. The number of hydrogen-bond acceptors (Lipinski definition) is 2. The third kappa shape index (κ3) is 3.46. The quantitative estimate of drug-likeness (QED) is 0.479. The van der Waals surface area contributed by atoms with E-state index < -0.39 is 6.03 Å². The van der Waals surface area contributed by atoms with Crippen LogP contribution in [0.2, 0.25) is 0 Å². The van der Waals surface area contributed by atoms with Crippen molar-refractivity contribution in [2.24, 2.45) is 5.73 Å². The number of rotatable bonds is 4. The predicted molar refractivity (Wildman–Crippen MR) is 49.0 cm³/mol. The van der Waals surface area contributed by atoms with Crippen molar-refractivity contribution in [1.29, 1.82) is 0 Å². The van der Waals surface area contributed by atoms with Crippen LogP contribution in [0, 0.1) is 0 Å². The summed E-state index contributed by atoms with van der Waals surface area (Å²) in [6.07, 6.45) is 4.87. The van der Waals surface area contributed by atoms with Crippen LogP contribution in [0.1, 0.15) is 0 Å². The molecule has 0 saturated heterocycles. The van der Waals surface area contributed by atoms with E-state index >= 15 is 0 Å². The highest BCUT2D eigenvalue weighted by Crippen LogP contribution is 1.98. The number of urea groups is 1.